The second kappa shape index (κ2) is 19.5. The van der Waals surface area contributed by atoms with Crippen molar-refractivity contribution in [1.82, 2.24) is 0 Å². The Morgan fingerprint density at radius 2 is 1.24 bits per heavy atom. The molecule has 0 saturated carbocycles. The van der Waals surface area contributed by atoms with Gasteiger partial charge in [-0.2, -0.15) is 30.3 Å². The number of rotatable bonds is 11. The molecule has 0 spiro atoms. The molecule has 0 aliphatic heterocycles. The summed E-state index contributed by atoms with van der Waals surface area (Å²) in [5, 5.41) is 0. The second-order valence-electron chi connectivity index (χ2n) is 11.7. The molecule has 260 valence electrons. The van der Waals surface area contributed by atoms with Gasteiger partial charge in [-0.3, -0.25) is 0 Å². The number of hydrogen-bond donors (Lipinski definition) is 0. The molecule has 0 aromatic heterocycles. The molecule has 0 bridgehead atoms. The zero-order valence-corrected chi connectivity index (χ0v) is 33.1. The van der Waals surface area contributed by atoms with Crippen LogP contribution in [0.5, 0.6) is 0 Å². The third-order valence-electron chi connectivity index (χ3n) is 8.18. The van der Waals surface area contributed by atoms with Gasteiger partial charge in [0.2, 0.25) is 0 Å². The largest absolute Gasteiger partial charge is 1.00 e. The van der Waals surface area contributed by atoms with Gasteiger partial charge in [-0.15, -0.1) is 18.2 Å². The van der Waals surface area contributed by atoms with Crippen LogP contribution >= 0.6 is 0 Å². The molecular weight excluding hydrogens is 694 g/mol. The maximum Gasteiger partial charge on any atom is 1.00 e. The van der Waals surface area contributed by atoms with Gasteiger partial charge in [0.15, 0.2) is 5.71 Å². The smallest absolute Gasteiger partial charge is 0.744 e. The molecule has 0 unspecified atom stereocenters. The molecule has 0 heterocycles. The van der Waals surface area contributed by atoms with Crippen molar-refractivity contribution in [2.45, 2.75) is 31.8 Å². The molecule has 51 heavy (non-hydrogen) atoms. The van der Waals surface area contributed by atoms with Crippen LogP contribution in [-0.4, -0.2) is 63.1 Å². The first-order chi connectivity index (χ1) is 23.9. The van der Waals surface area contributed by atoms with Crippen LogP contribution in [0.2, 0.25) is 0 Å². The van der Waals surface area contributed by atoms with Gasteiger partial charge in [0.25, 0.3) is 0 Å². The Labute approximate surface area is 325 Å². The maximum atomic E-state index is 11.6. The number of anilines is 2. The monoisotopic (exact) mass is 733 g/mol. The first-order valence-corrected chi connectivity index (χ1v) is 18.4. The minimum Gasteiger partial charge on any atom is -0.744 e. The van der Waals surface area contributed by atoms with Crippen LogP contribution < -0.4 is 39.4 Å². The summed E-state index contributed by atoms with van der Waals surface area (Å²) >= 11 is 0. The van der Waals surface area contributed by atoms with Gasteiger partial charge in [0.05, 0.1) is 4.90 Å². The number of hydrogen-bond acceptors (Lipinski definition) is 8. The van der Waals surface area contributed by atoms with E-state index in [0.29, 0.717) is 13.1 Å². The Bertz CT molecular complexity index is 2100. The van der Waals surface area contributed by atoms with Crippen LogP contribution in [0.3, 0.4) is 0 Å². The van der Waals surface area contributed by atoms with Crippen molar-refractivity contribution in [3.05, 3.63) is 155 Å². The minimum absolute atomic E-state index is 0. The Hall–Kier alpha value is -4.10. The minimum atomic E-state index is -4.51. The molecule has 4 aromatic rings. The molecule has 12 heteroatoms. The summed E-state index contributed by atoms with van der Waals surface area (Å²) in [6.45, 7) is 7.15. The molecule has 0 fully saturated rings. The SMILES string of the molecule is CCN(Cc1c[c-]ccc1)c1ccc(C(=C2C=CC(=[N+](C)C)C=C2)c2ccc(N(CC)Cc3cccc(S(=O)(=O)[O-])c3)cc2)cc1.O=S(=O)=O.[Na+]. The van der Waals surface area contributed by atoms with E-state index in [2.05, 4.69) is 113 Å². The quantitative estimate of drug-likeness (QED) is 0.100. The van der Waals surface area contributed by atoms with Crippen LogP contribution in [0.25, 0.3) is 5.57 Å². The van der Waals surface area contributed by atoms with Gasteiger partial charge in [-0.25, -0.2) is 13.0 Å². The van der Waals surface area contributed by atoms with Gasteiger partial charge in [0.1, 0.15) is 24.2 Å². The fourth-order valence-corrected chi connectivity index (χ4v) is 6.19. The van der Waals surface area contributed by atoms with E-state index in [1.165, 1.54) is 23.4 Å². The predicted molar refractivity (Wildman–Crippen MR) is 197 cm³/mol. The Morgan fingerprint density at radius 3 is 1.67 bits per heavy atom. The summed E-state index contributed by atoms with van der Waals surface area (Å²) in [5.41, 5.74) is 9.79. The molecular formula is C39H40N3NaO6S2. The molecule has 0 atom stereocenters. The summed E-state index contributed by atoms with van der Waals surface area (Å²) in [4.78, 5) is 4.31. The van der Waals surface area contributed by atoms with Crippen molar-refractivity contribution in [3.8, 4) is 0 Å². The van der Waals surface area contributed by atoms with E-state index in [1.807, 2.05) is 38.4 Å². The van der Waals surface area contributed by atoms with E-state index in [1.54, 1.807) is 6.07 Å². The summed E-state index contributed by atoms with van der Waals surface area (Å²) in [6.07, 6.45) is 8.63. The van der Waals surface area contributed by atoms with Crippen molar-refractivity contribution in [1.29, 1.82) is 0 Å². The summed E-state index contributed by atoms with van der Waals surface area (Å²) in [6, 6.07) is 34.9. The Morgan fingerprint density at radius 1 is 0.745 bits per heavy atom. The van der Waals surface area contributed by atoms with E-state index in [0.717, 1.165) is 52.3 Å². The Balaban J connectivity index is 0.00000133. The number of nitrogens with zero attached hydrogens (tertiary/aromatic N) is 3. The van der Waals surface area contributed by atoms with E-state index in [4.69, 9.17) is 12.6 Å². The zero-order chi connectivity index (χ0) is 36.3. The predicted octanol–water partition coefficient (Wildman–Crippen LogP) is 3.08. The second-order valence-corrected chi connectivity index (χ2v) is 13.4. The van der Waals surface area contributed by atoms with Gasteiger partial charge in [-0.05, 0) is 96.8 Å². The molecule has 9 nitrogen and oxygen atoms in total. The van der Waals surface area contributed by atoms with Gasteiger partial charge in [-0.1, -0.05) is 36.4 Å². The molecule has 0 amide bonds. The maximum absolute atomic E-state index is 11.6. The third kappa shape index (κ3) is 12.0. The fourth-order valence-electron chi connectivity index (χ4n) is 5.64. The van der Waals surface area contributed by atoms with E-state index in [-0.39, 0.29) is 34.5 Å². The summed E-state index contributed by atoms with van der Waals surface area (Å²) < 4.78 is 62.1. The van der Waals surface area contributed by atoms with Crippen LogP contribution in [-0.2, 0) is 33.8 Å². The molecule has 1 aliphatic carbocycles. The standard InChI is InChI=1S/C39H41N3O3S.Na.O3S/c1-5-41(28-30-11-8-7-9-12-30)36-23-17-33(18-24-36)39(32-15-21-35(22-16-32)40(3)4)34-19-25-37(26-20-34)42(6-2)29-31-13-10-14-38(27-31)46(43,44)45;;1-4(2)3/h7-8,10-27H,5-6,28-29H2,1-4H3,(H,43,44,45);;/q;+1;/p-1. The van der Waals surface area contributed by atoms with Crippen LogP contribution in [0.1, 0.15) is 36.1 Å². The van der Waals surface area contributed by atoms with Crippen molar-refractivity contribution in [2.75, 3.05) is 37.0 Å². The molecule has 4 aromatic carbocycles. The summed E-state index contributed by atoms with van der Waals surface area (Å²) in [7, 11) is -3.54. The topological polar surface area (TPSA) is 118 Å². The van der Waals surface area contributed by atoms with E-state index < -0.39 is 20.7 Å². The van der Waals surface area contributed by atoms with Crippen molar-refractivity contribution >= 4 is 43.4 Å². The van der Waals surface area contributed by atoms with Crippen LogP contribution in [0.4, 0.5) is 11.4 Å². The average molecular weight is 734 g/mol. The fraction of sp³-hybridized carbons (Fsp3) is 0.205. The molecule has 0 radical (unpaired) electrons. The normalized spacial score (nSPS) is 11.9. The number of allylic oxidation sites excluding steroid dienone is 5. The molecule has 5 rings (SSSR count). The van der Waals surface area contributed by atoms with Gasteiger partial charge >= 0.3 is 40.2 Å². The van der Waals surface area contributed by atoms with Gasteiger partial charge in [0, 0.05) is 43.2 Å². The molecule has 1 aliphatic rings. The van der Waals surface area contributed by atoms with Crippen LogP contribution in [0.15, 0.2) is 132 Å². The number of benzene rings is 4. The molecule has 0 saturated heterocycles. The van der Waals surface area contributed by atoms with Crippen molar-refractivity contribution < 1.29 is 59.7 Å². The van der Waals surface area contributed by atoms with Crippen molar-refractivity contribution in [3.63, 3.8) is 0 Å². The Kier molecular flexibility index (Phi) is 15.8. The third-order valence-corrected chi connectivity index (χ3v) is 9.01. The first-order valence-electron chi connectivity index (χ1n) is 16.0. The van der Waals surface area contributed by atoms with Crippen molar-refractivity contribution in [2.24, 2.45) is 0 Å². The molecule has 0 N–H and O–H groups in total. The van der Waals surface area contributed by atoms with E-state index in [9.17, 15) is 13.0 Å². The average Bonchev–Trinajstić information content (AvgIpc) is 3.10. The van der Waals surface area contributed by atoms with E-state index >= 15 is 0 Å². The first kappa shape index (κ1) is 41.3. The van der Waals surface area contributed by atoms with Crippen LogP contribution in [0, 0.1) is 6.07 Å². The van der Waals surface area contributed by atoms with Gasteiger partial charge < -0.3 is 14.4 Å². The summed E-state index contributed by atoms with van der Waals surface area (Å²) in [5.74, 6) is 0. The zero-order valence-electron chi connectivity index (χ0n) is 29.5.